The topological polar surface area (TPSA) is 47.4 Å². The maximum atomic E-state index is 13.3. The summed E-state index contributed by atoms with van der Waals surface area (Å²) in [7, 11) is 0. The largest absolute Gasteiger partial charge is 0.489 e. The van der Waals surface area contributed by atoms with Crippen LogP contribution in [0.1, 0.15) is 38.8 Å². The summed E-state index contributed by atoms with van der Waals surface area (Å²) >= 11 is 1.25. The second kappa shape index (κ2) is 7.79. The summed E-state index contributed by atoms with van der Waals surface area (Å²) in [5, 5.41) is 5.63. The van der Waals surface area contributed by atoms with Crippen LogP contribution in [0, 0.1) is 13.8 Å². The lowest BCUT2D eigenvalue weighted by molar-refractivity contribution is -0.172. The number of rotatable bonds is 4. The molecule has 0 spiro atoms. The van der Waals surface area contributed by atoms with Crippen molar-refractivity contribution in [2.24, 2.45) is 0 Å². The lowest BCUT2D eigenvalue weighted by Gasteiger charge is -2.33. The first-order chi connectivity index (χ1) is 14.2. The molecule has 3 heterocycles. The van der Waals surface area contributed by atoms with Crippen molar-refractivity contribution in [2.45, 2.75) is 39.1 Å². The number of carbonyl (C=O) groups is 1. The van der Waals surface area contributed by atoms with Gasteiger partial charge in [-0.3, -0.25) is 9.69 Å². The molecule has 4 rings (SSSR count). The van der Waals surface area contributed by atoms with Gasteiger partial charge in [-0.2, -0.15) is 18.3 Å². The molecule has 1 unspecified atom stereocenters. The second-order valence-corrected chi connectivity index (χ2v) is 8.22. The minimum atomic E-state index is -4.41. The Labute approximate surface area is 175 Å². The van der Waals surface area contributed by atoms with Crippen molar-refractivity contribution in [1.82, 2.24) is 9.78 Å². The average molecular weight is 435 g/mol. The highest BCUT2D eigenvalue weighted by Crippen LogP contribution is 2.39. The zero-order valence-electron chi connectivity index (χ0n) is 16.4. The van der Waals surface area contributed by atoms with Crippen LogP contribution in [0.3, 0.4) is 0 Å². The molecular formula is C21H20F3N3O2S. The Morgan fingerprint density at radius 3 is 2.83 bits per heavy atom. The first-order valence-corrected chi connectivity index (χ1v) is 10.3. The van der Waals surface area contributed by atoms with Crippen molar-refractivity contribution >= 4 is 23.1 Å². The van der Waals surface area contributed by atoms with Gasteiger partial charge in [0, 0.05) is 18.2 Å². The smallest absolute Gasteiger partial charge is 0.410 e. The summed E-state index contributed by atoms with van der Waals surface area (Å²) in [6.07, 6.45) is -3.34. The van der Waals surface area contributed by atoms with Gasteiger partial charge in [-0.25, -0.2) is 4.68 Å². The SMILES string of the molecule is Cc1ccc(C)c(OCc2csc(C(=O)N3CCC(C(F)(F)F)n4nccc43)c2)c1. The maximum absolute atomic E-state index is 13.3. The molecule has 0 bridgehead atoms. The van der Waals surface area contributed by atoms with Crippen molar-refractivity contribution in [2.75, 3.05) is 11.4 Å². The zero-order chi connectivity index (χ0) is 21.5. The number of aromatic nitrogens is 2. The molecule has 5 nitrogen and oxygen atoms in total. The molecule has 0 fully saturated rings. The third kappa shape index (κ3) is 3.94. The van der Waals surface area contributed by atoms with E-state index in [1.807, 2.05) is 37.4 Å². The number of carbonyl (C=O) groups excluding carboxylic acids is 1. The summed E-state index contributed by atoms with van der Waals surface area (Å²) in [5.41, 5.74) is 2.95. The molecule has 1 atom stereocenters. The Bertz CT molecular complexity index is 1070. The maximum Gasteiger partial charge on any atom is 0.410 e. The molecule has 158 valence electrons. The van der Waals surface area contributed by atoms with Gasteiger partial charge in [0.15, 0.2) is 6.04 Å². The molecule has 1 aromatic carbocycles. The van der Waals surface area contributed by atoms with Crippen molar-refractivity contribution in [3.63, 3.8) is 0 Å². The molecule has 9 heteroatoms. The Morgan fingerprint density at radius 2 is 2.07 bits per heavy atom. The molecule has 3 aromatic rings. The number of amides is 1. The van der Waals surface area contributed by atoms with Gasteiger partial charge >= 0.3 is 6.18 Å². The van der Waals surface area contributed by atoms with Gasteiger partial charge < -0.3 is 4.74 Å². The fourth-order valence-corrected chi connectivity index (χ4v) is 4.32. The number of fused-ring (bicyclic) bond motifs is 1. The molecule has 1 aliphatic heterocycles. The van der Waals surface area contributed by atoms with Crippen LogP contribution < -0.4 is 9.64 Å². The monoisotopic (exact) mass is 435 g/mol. The van der Waals surface area contributed by atoms with Crippen molar-refractivity contribution in [3.05, 3.63) is 63.5 Å². The summed E-state index contributed by atoms with van der Waals surface area (Å²) in [4.78, 5) is 14.8. The van der Waals surface area contributed by atoms with Crippen LogP contribution in [0.25, 0.3) is 0 Å². The number of alkyl halides is 3. The number of thiophene rings is 1. The summed E-state index contributed by atoms with van der Waals surface area (Å²) in [6, 6.07) is 7.41. The van der Waals surface area contributed by atoms with Crippen LogP contribution in [-0.4, -0.2) is 28.4 Å². The zero-order valence-corrected chi connectivity index (χ0v) is 17.3. The molecule has 2 aromatic heterocycles. The molecule has 0 saturated carbocycles. The van der Waals surface area contributed by atoms with E-state index in [9.17, 15) is 18.0 Å². The van der Waals surface area contributed by atoms with E-state index >= 15 is 0 Å². The minimum Gasteiger partial charge on any atom is -0.489 e. The van der Waals surface area contributed by atoms with E-state index in [-0.39, 0.29) is 24.7 Å². The van der Waals surface area contributed by atoms with Gasteiger partial charge in [0.1, 0.15) is 18.2 Å². The summed E-state index contributed by atoms with van der Waals surface area (Å²) in [6.45, 7) is 4.24. The normalized spacial score (nSPS) is 16.4. The number of halogens is 3. The van der Waals surface area contributed by atoms with E-state index in [1.165, 1.54) is 28.5 Å². The highest BCUT2D eigenvalue weighted by Gasteiger charge is 2.45. The molecule has 1 amide bonds. The second-order valence-electron chi connectivity index (χ2n) is 7.31. The van der Waals surface area contributed by atoms with E-state index in [0.717, 1.165) is 27.1 Å². The van der Waals surface area contributed by atoms with Crippen molar-refractivity contribution < 1.29 is 22.7 Å². The highest BCUT2D eigenvalue weighted by atomic mass is 32.1. The lowest BCUT2D eigenvalue weighted by atomic mass is 10.1. The molecule has 30 heavy (non-hydrogen) atoms. The van der Waals surface area contributed by atoms with E-state index < -0.39 is 12.2 Å². The lowest BCUT2D eigenvalue weighted by Crippen LogP contribution is -2.42. The minimum absolute atomic E-state index is 0.0130. The van der Waals surface area contributed by atoms with Crippen LogP contribution in [0.15, 0.2) is 41.9 Å². The van der Waals surface area contributed by atoms with Crippen LogP contribution in [0.2, 0.25) is 0 Å². The Kier molecular flexibility index (Phi) is 5.31. The summed E-state index contributed by atoms with van der Waals surface area (Å²) in [5.74, 6) is 0.614. The van der Waals surface area contributed by atoms with Gasteiger partial charge in [0.05, 0.1) is 11.1 Å². The van der Waals surface area contributed by atoms with Crippen molar-refractivity contribution in [3.8, 4) is 5.75 Å². The van der Waals surface area contributed by atoms with Gasteiger partial charge in [-0.1, -0.05) is 12.1 Å². The molecular weight excluding hydrogens is 415 g/mol. The number of ether oxygens (including phenoxy) is 1. The van der Waals surface area contributed by atoms with Gasteiger partial charge in [0.2, 0.25) is 0 Å². The number of nitrogens with zero attached hydrogens (tertiary/aromatic N) is 3. The molecule has 0 aliphatic carbocycles. The predicted molar refractivity (Wildman–Crippen MR) is 108 cm³/mol. The number of hydrogen-bond donors (Lipinski definition) is 0. The van der Waals surface area contributed by atoms with Gasteiger partial charge in [0.25, 0.3) is 5.91 Å². The van der Waals surface area contributed by atoms with E-state index in [2.05, 4.69) is 5.10 Å². The Morgan fingerprint density at radius 1 is 1.27 bits per heavy atom. The molecule has 0 radical (unpaired) electrons. The van der Waals surface area contributed by atoms with Gasteiger partial charge in [-0.05, 0) is 48.9 Å². The Balaban J connectivity index is 1.49. The predicted octanol–water partition coefficient (Wildman–Crippen LogP) is 5.29. The number of anilines is 1. The number of aryl methyl sites for hydroxylation is 2. The molecule has 1 aliphatic rings. The number of hydrogen-bond acceptors (Lipinski definition) is 4. The number of benzene rings is 1. The van der Waals surface area contributed by atoms with Crippen LogP contribution in [0.5, 0.6) is 5.75 Å². The third-order valence-electron chi connectivity index (χ3n) is 5.07. The van der Waals surface area contributed by atoms with E-state index in [0.29, 0.717) is 11.5 Å². The fraction of sp³-hybridized carbons (Fsp3) is 0.333. The average Bonchev–Trinajstić information content (AvgIpc) is 3.36. The fourth-order valence-electron chi connectivity index (χ4n) is 3.48. The van der Waals surface area contributed by atoms with Crippen molar-refractivity contribution in [1.29, 1.82) is 0 Å². The first-order valence-electron chi connectivity index (χ1n) is 9.43. The Hall–Kier alpha value is -2.81. The molecule has 0 saturated heterocycles. The van der Waals surface area contributed by atoms with E-state index in [4.69, 9.17) is 4.74 Å². The highest BCUT2D eigenvalue weighted by molar-refractivity contribution is 7.12. The van der Waals surface area contributed by atoms with Crippen LogP contribution in [-0.2, 0) is 6.61 Å². The quantitative estimate of drug-likeness (QED) is 0.559. The third-order valence-corrected chi connectivity index (χ3v) is 6.04. The van der Waals surface area contributed by atoms with Crippen LogP contribution >= 0.6 is 11.3 Å². The molecule has 0 N–H and O–H groups in total. The summed E-state index contributed by atoms with van der Waals surface area (Å²) < 4.78 is 46.5. The van der Waals surface area contributed by atoms with E-state index in [1.54, 1.807) is 6.07 Å². The van der Waals surface area contributed by atoms with Gasteiger partial charge in [-0.15, -0.1) is 11.3 Å². The van der Waals surface area contributed by atoms with Crippen LogP contribution in [0.4, 0.5) is 19.0 Å². The first kappa shape index (κ1) is 20.5. The standard InChI is InChI=1S/C21H20F3N3O2S/c1-13-3-4-14(2)16(9-13)29-11-15-10-17(30-12-15)20(28)26-8-6-18(21(22,23)24)27-19(26)5-7-25-27/h3-5,7,9-10,12,18H,6,8,11H2,1-2H3.